The number of aliphatic hydroxyl groups is 2. The van der Waals surface area contributed by atoms with Crippen molar-refractivity contribution in [3.63, 3.8) is 0 Å². The fourth-order valence-corrected chi connectivity index (χ4v) is 1.30. The minimum absolute atomic E-state index is 0.423. The van der Waals surface area contributed by atoms with Gasteiger partial charge in [0.2, 0.25) is 0 Å². The third-order valence-electron chi connectivity index (χ3n) is 2.09. The van der Waals surface area contributed by atoms with Crippen molar-refractivity contribution >= 4 is 0 Å². The first-order valence-electron chi connectivity index (χ1n) is 4.06. The number of hydrogen-bond donors (Lipinski definition) is 3. The topological polar surface area (TPSA) is 66.5 Å². The van der Waals surface area contributed by atoms with Crippen LogP contribution in [-0.4, -0.2) is 28.0 Å². The molecule has 0 saturated carbocycles. The Morgan fingerprint density at radius 1 is 1.50 bits per heavy atom. The maximum atomic E-state index is 9.84. The quantitative estimate of drug-likeness (QED) is 0.542. The van der Waals surface area contributed by atoms with Crippen molar-refractivity contribution in [2.24, 2.45) is 5.73 Å². The molecule has 3 heteroatoms. The van der Waals surface area contributed by atoms with E-state index in [0.717, 1.165) is 0 Å². The van der Waals surface area contributed by atoms with Crippen LogP contribution < -0.4 is 5.73 Å². The van der Waals surface area contributed by atoms with Gasteiger partial charge in [0.15, 0.2) is 0 Å². The number of nitrogens with two attached hydrogens (primary N) is 1. The molecule has 0 bridgehead atoms. The summed E-state index contributed by atoms with van der Waals surface area (Å²) in [7, 11) is 0. The van der Waals surface area contributed by atoms with Gasteiger partial charge in [0.05, 0.1) is 0 Å². The van der Waals surface area contributed by atoms with Gasteiger partial charge in [-0.3, -0.25) is 0 Å². The highest BCUT2D eigenvalue weighted by molar-refractivity contribution is 5.20. The fourth-order valence-electron chi connectivity index (χ4n) is 1.30. The second kappa shape index (κ2) is 3.39. The highest BCUT2D eigenvalue weighted by Crippen LogP contribution is 2.22. The van der Waals surface area contributed by atoms with Gasteiger partial charge in [0.25, 0.3) is 0 Å². The molecule has 0 aliphatic heterocycles. The van der Waals surface area contributed by atoms with Gasteiger partial charge in [-0.25, -0.2) is 0 Å². The van der Waals surface area contributed by atoms with Gasteiger partial charge in [-0.15, -0.1) is 0 Å². The second-order valence-electron chi connectivity index (χ2n) is 3.29. The normalized spacial score (nSPS) is 33.3. The first kappa shape index (κ1) is 9.45. The minimum atomic E-state index is -1.18. The van der Waals surface area contributed by atoms with Crippen LogP contribution in [0.25, 0.3) is 0 Å². The van der Waals surface area contributed by atoms with E-state index in [0.29, 0.717) is 6.42 Å². The fraction of sp³-hybridized carbons (Fsp3) is 0.556. The molecule has 0 aromatic rings. The lowest BCUT2D eigenvalue weighted by atomic mass is 9.86. The second-order valence-corrected chi connectivity index (χ2v) is 3.29. The van der Waals surface area contributed by atoms with Crippen molar-refractivity contribution < 1.29 is 10.2 Å². The smallest absolute Gasteiger partial charge is 0.114 e. The summed E-state index contributed by atoms with van der Waals surface area (Å²) in [4.78, 5) is 0. The summed E-state index contributed by atoms with van der Waals surface area (Å²) >= 11 is 0. The van der Waals surface area contributed by atoms with Crippen molar-refractivity contribution in [3.05, 3.63) is 24.3 Å². The highest BCUT2D eigenvalue weighted by atomic mass is 16.3. The van der Waals surface area contributed by atoms with E-state index in [2.05, 4.69) is 0 Å². The molecule has 4 N–H and O–H groups in total. The number of aliphatic hydroxyl groups excluding tert-OH is 1. The van der Waals surface area contributed by atoms with Gasteiger partial charge in [0.1, 0.15) is 11.7 Å². The molecule has 0 aromatic heterocycles. The van der Waals surface area contributed by atoms with Gasteiger partial charge in [-0.2, -0.15) is 0 Å². The maximum Gasteiger partial charge on any atom is 0.114 e. The van der Waals surface area contributed by atoms with Gasteiger partial charge < -0.3 is 15.9 Å². The molecule has 12 heavy (non-hydrogen) atoms. The zero-order chi connectivity index (χ0) is 9.19. The van der Waals surface area contributed by atoms with Crippen LogP contribution >= 0.6 is 0 Å². The van der Waals surface area contributed by atoms with E-state index in [1.807, 2.05) is 12.2 Å². The first-order valence-corrected chi connectivity index (χ1v) is 4.06. The van der Waals surface area contributed by atoms with Crippen LogP contribution in [0.2, 0.25) is 0 Å². The lowest BCUT2D eigenvalue weighted by molar-refractivity contribution is -0.0472. The molecule has 0 radical (unpaired) electrons. The zero-order valence-corrected chi connectivity index (χ0v) is 7.14. The Hall–Kier alpha value is -0.640. The molecule has 0 spiro atoms. The summed E-state index contributed by atoms with van der Waals surface area (Å²) in [5.41, 5.74) is 4.31. The summed E-state index contributed by atoms with van der Waals surface area (Å²) in [5, 5.41) is 19.4. The molecular formula is C9H15NO2. The average molecular weight is 169 g/mol. The van der Waals surface area contributed by atoms with E-state index in [1.165, 1.54) is 0 Å². The SMILES string of the molecule is CC(N)C(O)C1(O)C=CC=CC1. The van der Waals surface area contributed by atoms with Crippen LogP contribution in [0.5, 0.6) is 0 Å². The molecule has 0 aromatic carbocycles. The lowest BCUT2D eigenvalue weighted by Crippen LogP contribution is -2.50. The molecule has 0 saturated heterocycles. The van der Waals surface area contributed by atoms with Crippen molar-refractivity contribution in [2.75, 3.05) is 0 Å². The Labute approximate surface area is 72.2 Å². The molecule has 0 heterocycles. The third-order valence-corrected chi connectivity index (χ3v) is 2.09. The summed E-state index contributed by atoms with van der Waals surface area (Å²) in [6.45, 7) is 1.68. The molecule has 3 nitrogen and oxygen atoms in total. The first-order chi connectivity index (χ1) is 5.56. The molecule has 0 fully saturated rings. The summed E-state index contributed by atoms with van der Waals surface area (Å²) in [6.07, 6.45) is 6.47. The Morgan fingerprint density at radius 2 is 2.17 bits per heavy atom. The lowest BCUT2D eigenvalue weighted by Gasteiger charge is -2.32. The molecule has 1 aliphatic carbocycles. The van der Waals surface area contributed by atoms with Crippen molar-refractivity contribution in [1.82, 2.24) is 0 Å². The highest BCUT2D eigenvalue weighted by Gasteiger charge is 2.34. The Morgan fingerprint density at radius 3 is 2.58 bits per heavy atom. The molecule has 0 amide bonds. The van der Waals surface area contributed by atoms with Crippen LogP contribution in [0, 0.1) is 0 Å². The van der Waals surface area contributed by atoms with Crippen molar-refractivity contribution in [2.45, 2.75) is 31.1 Å². The van der Waals surface area contributed by atoms with Gasteiger partial charge >= 0.3 is 0 Å². The molecular weight excluding hydrogens is 154 g/mol. The predicted octanol–water partition coefficient (Wildman–Crippen LogP) is -0.0583. The van der Waals surface area contributed by atoms with E-state index in [-0.39, 0.29) is 0 Å². The maximum absolute atomic E-state index is 9.84. The monoisotopic (exact) mass is 169 g/mol. The van der Waals surface area contributed by atoms with E-state index in [9.17, 15) is 10.2 Å². The molecule has 1 aliphatic rings. The number of hydrogen-bond acceptors (Lipinski definition) is 3. The Kier molecular flexibility index (Phi) is 2.67. The van der Waals surface area contributed by atoms with Crippen LogP contribution in [0.1, 0.15) is 13.3 Å². The van der Waals surface area contributed by atoms with Crippen molar-refractivity contribution in [1.29, 1.82) is 0 Å². The van der Waals surface area contributed by atoms with Crippen LogP contribution in [-0.2, 0) is 0 Å². The summed E-state index contributed by atoms with van der Waals surface area (Å²) in [6, 6.07) is -0.425. The van der Waals surface area contributed by atoms with Crippen LogP contribution in [0.15, 0.2) is 24.3 Å². The predicted molar refractivity (Wildman–Crippen MR) is 47.5 cm³/mol. The van der Waals surface area contributed by atoms with Gasteiger partial charge in [0, 0.05) is 12.5 Å². The molecule has 68 valence electrons. The molecule has 3 unspecified atom stereocenters. The van der Waals surface area contributed by atoms with E-state index < -0.39 is 17.7 Å². The third kappa shape index (κ3) is 1.75. The Balaban J connectivity index is 2.72. The van der Waals surface area contributed by atoms with Gasteiger partial charge in [-0.05, 0) is 6.92 Å². The average Bonchev–Trinajstić information content (AvgIpc) is 2.04. The largest absolute Gasteiger partial charge is 0.388 e. The van der Waals surface area contributed by atoms with E-state index >= 15 is 0 Å². The minimum Gasteiger partial charge on any atom is -0.388 e. The van der Waals surface area contributed by atoms with Crippen LogP contribution in [0.4, 0.5) is 0 Å². The summed E-state index contributed by atoms with van der Waals surface area (Å²) < 4.78 is 0. The Bertz CT molecular complexity index is 211. The molecule has 1 rings (SSSR count). The van der Waals surface area contributed by atoms with Gasteiger partial charge in [-0.1, -0.05) is 24.3 Å². The van der Waals surface area contributed by atoms with E-state index in [1.54, 1.807) is 19.1 Å². The van der Waals surface area contributed by atoms with Crippen molar-refractivity contribution in [3.8, 4) is 0 Å². The standard InChI is InChI=1S/C9H15NO2/c1-7(10)8(11)9(12)5-3-2-4-6-9/h2-5,7-8,11-12H,6,10H2,1H3. The zero-order valence-electron chi connectivity index (χ0n) is 7.14. The van der Waals surface area contributed by atoms with Crippen LogP contribution in [0.3, 0.4) is 0 Å². The van der Waals surface area contributed by atoms with E-state index in [4.69, 9.17) is 5.73 Å². The molecule has 3 atom stereocenters. The number of allylic oxidation sites excluding steroid dienone is 2. The summed E-state index contributed by atoms with van der Waals surface area (Å²) in [5.74, 6) is 0. The number of rotatable bonds is 2.